The Morgan fingerprint density at radius 2 is 1.82 bits per heavy atom. The van der Waals surface area contributed by atoms with Gasteiger partial charge in [-0.1, -0.05) is 27.2 Å². The molecule has 1 saturated heterocycles. The Bertz CT molecular complexity index is 586. The van der Waals surface area contributed by atoms with Crippen LogP contribution in [0.1, 0.15) is 53.9 Å². The van der Waals surface area contributed by atoms with Gasteiger partial charge in [-0.3, -0.25) is 9.69 Å². The third-order valence-electron chi connectivity index (χ3n) is 5.40. The van der Waals surface area contributed by atoms with E-state index in [1.165, 1.54) is 6.42 Å². The van der Waals surface area contributed by atoms with Gasteiger partial charge in [-0.2, -0.15) is 0 Å². The van der Waals surface area contributed by atoms with Crippen molar-refractivity contribution in [1.82, 2.24) is 4.90 Å². The number of carbonyl (C=O) groups is 1. The van der Waals surface area contributed by atoms with Gasteiger partial charge in [0, 0.05) is 31.9 Å². The van der Waals surface area contributed by atoms with Crippen LogP contribution in [0.5, 0.6) is 5.75 Å². The van der Waals surface area contributed by atoms with E-state index in [4.69, 9.17) is 9.47 Å². The quantitative estimate of drug-likeness (QED) is 0.635. The zero-order chi connectivity index (χ0) is 20.6. The topological polar surface area (TPSA) is 50.8 Å². The van der Waals surface area contributed by atoms with E-state index in [1.807, 2.05) is 38.1 Å². The predicted octanol–water partition coefficient (Wildman–Crippen LogP) is 4.58. The molecule has 0 unspecified atom stereocenters. The first-order valence-corrected chi connectivity index (χ1v) is 10.8. The van der Waals surface area contributed by atoms with Crippen LogP contribution < -0.4 is 10.1 Å². The average molecular weight is 391 g/mol. The van der Waals surface area contributed by atoms with Gasteiger partial charge < -0.3 is 14.8 Å². The number of rotatable bonds is 10. The van der Waals surface area contributed by atoms with Crippen LogP contribution in [0, 0.1) is 11.8 Å². The standard InChI is InChI=1S/C23H38N2O3/c1-6-12-23(5,28-7-2)22(26)24-20-8-10-21(11-9-20)27-14-13-25-16-18(3)15-19(4)17-25/h8-11,18-19H,6-7,12-17H2,1-5H3,(H,24,26)/t18-,19-,23-/m1/s1. The van der Waals surface area contributed by atoms with Crippen LogP contribution >= 0.6 is 0 Å². The molecule has 2 rings (SSSR count). The summed E-state index contributed by atoms with van der Waals surface area (Å²) in [6.07, 6.45) is 2.91. The fourth-order valence-corrected chi connectivity index (χ4v) is 4.21. The number of carbonyl (C=O) groups excluding carboxylic acids is 1. The minimum Gasteiger partial charge on any atom is -0.492 e. The molecular weight excluding hydrogens is 352 g/mol. The Morgan fingerprint density at radius 3 is 2.39 bits per heavy atom. The van der Waals surface area contributed by atoms with Gasteiger partial charge in [0.15, 0.2) is 0 Å². The highest BCUT2D eigenvalue weighted by Gasteiger charge is 2.32. The molecule has 158 valence electrons. The molecule has 1 N–H and O–H groups in total. The highest BCUT2D eigenvalue weighted by Crippen LogP contribution is 2.23. The van der Waals surface area contributed by atoms with Gasteiger partial charge in [0.25, 0.3) is 5.91 Å². The lowest BCUT2D eigenvalue weighted by Gasteiger charge is -2.34. The number of ether oxygens (including phenoxy) is 2. The van der Waals surface area contributed by atoms with Crippen molar-refractivity contribution in [3.8, 4) is 5.75 Å². The van der Waals surface area contributed by atoms with Crippen molar-refractivity contribution in [3.05, 3.63) is 24.3 Å². The van der Waals surface area contributed by atoms with Crippen LogP contribution in [0.15, 0.2) is 24.3 Å². The summed E-state index contributed by atoms with van der Waals surface area (Å²) in [5.74, 6) is 2.26. The van der Waals surface area contributed by atoms with Crippen LogP contribution in [-0.4, -0.2) is 49.3 Å². The van der Waals surface area contributed by atoms with E-state index in [0.29, 0.717) is 19.6 Å². The first-order valence-electron chi connectivity index (χ1n) is 10.8. The molecule has 5 heteroatoms. The van der Waals surface area contributed by atoms with Crippen LogP contribution in [0.3, 0.4) is 0 Å². The van der Waals surface area contributed by atoms with E-state index < -0.39 is 5.60 Å². The van der Waals surface area contributed by atoms with Crippen molar-refractivity contribution in [2.45, 2.75) is 59.5 Å². The molecule has 0 aromatic heterocycles. The molecule has 1 aromatic rings. The third-order valence-corrected chi connectivity index (χ3v) is 5.40. The number of nitrogens with zero attached hydrogens (tertiary/aromatic N) is 1. The molecular formula is C23H38N2O3. The Kier molecular flexibility index (Phi) is 8.77. The lowest BCUT2D eigenvalue weighted by atomic mass is 9.92. The lowest BCUT2D eigenvalue weighted by Crippen LogP contribution is -2.42. The van der Waals surface area contributed by atoms with Gasteiger partial charge in [-0.15, -0.1) is 0 Å². The Balaban J connectivity index is 1.81. The highest BCUT2D eigenvalue weighted by molar-refractivity contribution is 5.97. The molecule has 0 spiro atoms. The number of nitrogens with one attached hydrogen (secondary N) is 1. The molecule has 1 aliphatic rings. The summed E-state index contributed by atoms with van der Waals surface area (Å²) < 4.78 is 11.6. The molecule has 0 saturated carbocycles. The van der Waals surface area contributed by atoms with Crippen LogP contribution in [0.2, 0.25) is 0 Å². The fraction of sp³-hybridized carbons (Fsp3) is 0.696. The van der Waals surface area contributed by atoms with Gasteiger partial charge in [0.05, 0.1) is 0 Å². The van der Waals surface area contributed by atoms with E-state index in [1.54, 1.807) is 0 Å². The Morgan fingerprint density at radius 1 is 1.18 bits per heavy atom. The van der Waals surface area contributed by atoms with E-state index in [9.17, 15) is 4.79 Å². The summed E-state index contributed by atoms with van der Waals surface area (Å²) in [4.78, 5) is 15.1. The normalized spacial score (nSPS) is 22.5. The molecule has 0 radical (unpaired) electrons. The third kappa shape index (κ3) is 6.78. The van der Waals surface area contributed by atoms with Crippen molar-refractivity contribution in [2.75, 3.05) is 38.2 Å². The summed E-state index contributed by atoms with van der Waals surface area (Å²) in [6.45, 7) is 15.0. The first kappa shape index (κ1) is 22.7. The Hall–Kier alpha value is -1.59. The van der Waals surface area contributed by atoms with Crippen molar-refractivity contribution in [1.29, 1.82) is 0 Å². The second-order valence-corrected chi connectivity index (χ2v) is 8.45. The molecule has 3 atom stereocenters. The lowest BCUT2D eigenvalue weighted by molar-refractivity contribution is -0.139. The fourth-order valence-electron chi connectivity index (χ4n) is 4.21. The summed E-state index contributed by atoms with van der Waals surface area (Å²) in [5, 5.41) is 2.97. The van der Waals surface area contributed by atoms with Crippen molar-refractivity contribution >= 4 is 11.6 Å². The first-order chi connectivity index (χ1) is 13.4. The number of piperidine rings is 1. The molecule has 1 aromatic carbocycles. The number of hydrogen-bond donors (Lipinski definition) is 1. The van der Waals surface area contributed by atoms with Gasteiger partial charge in [0.1, 0.15) is 18.0 Å². The number of likely N-dealkylation sites (tertiary alicyclic amines) is 1. The van der Waals surface area contributed by atoms with Crippen molar-refractivity contribution in [3.63, 3.8) is 0 Å². The van der Waals surface area contributed by atoms with E-state index in [0.717, 1.165) is 49.3 Å². The van der Waals surface area contributed by atoms with Crippen molar-refractivity contribution in [2.24, 2.45) is 11.8 Å². The molecule has 1 amide bonds. The number of hydrogen-bond acceptors (Lipinski definition) is 4. The zero-order valence-corrected chi connectivity index (χ0v) is 18.3. The summed E-state index contributed by atoms with van der Waals surface area (Å²) in [6, 6.07) is 7.59. The van der Waals surface area contributed by atoms with Crippen LogP contribution in [-0.2, 0) is 9.53 Å². The molecule has 0 bridgehead atoms. The minimum atomic E-state index is -0.790. The highest BCUT2D eigenvalue weighted by atomic mass is 16.5. The van der Waals surface area contributed by atoms with Crippen LogP contribution in [0.4, 0.5) is 5.69 Å². The Labute approximate surface area is 170 Å². The molecule has 1 aliphatic heterocycles. The molecule has 1 fully saturated rings. The second-order valence-electron chi connectivity index (χ2n) is 8.45. The van der Waals surface area contributed by atoms with Gasteiger partial charge >= 0.3 is 0 Å². The van der Waals surface area contributed by atoms with E-state index in [-0.39, 0.29) is 5.91 Å². The summed E-state index contributed by atoms with van der Waals surface area (Å²) >= 11 is 0. The monoisotopic (exact) mass is 390 g/mol. The second kappa shape index (κ2) is 10.8. The van der Waals surface area contributed by atoms with Crippen LogP contribution in [0.25, 0.3) is 0 Å². The largest absolute Gasteiger partial charge is 0.492 e. The maximum Gasteiger partial charge on any atom is 0.256 e. The van der Waals surface area contributed by atoms with Gasteiger partial charge in [-0.05, 0) is 62.8 Å². The van der Waals surface area contributed by atoms with Crippen molar-refractivity contribution < 1.29 is 14.3 Å². The van der Waals surface area contributed by atoms with Gasteiger partial charge in [0.2, 0.25) is 0 Å². The summed E-state index contributed by atoms with van der Waals surface area (Å²) in [7, 11) is 0. The number of benzene rings is 1. The van der Waals surface area contributed by atoms with Gasteiger partial charge in [-0.25, -0.2) is 0 Å². The minimum absolute atomic E-state index is 0.0989. The number of amides is 1. The SMILES string of the molecule is CCC[C@@](C)(OCC)C(=O)Nc1ccc(OCCN2C[C@H](C)C[C@@H](C)C2)cc1. The molecule has 28 heavy (non-hydrogen) atoms. The maximum atomic E-state index is 12.6. The molecule has 5 nitrogen and oxygen atoms in total. The number of anilines is 1. The molecule has 1 heterocycles. The maximum absolute atomic E-state index is 12.6. The predicted molar refractivity (Wildman–Crippen MR) is 115 cm³/mol. The van der Waals surface area contributed by atoms with E-state index in [2.05, 4.69) is 31.0 Å². The zero-order valence-electron chi connectivity index (χ0n) is 18.3. The summed E-state index contributed by atoms with van der Waals surface area (Å²) in [5.41, 5.74) is -0.0282. The molecule has 0 aliphatic carbocycles. The van der Waals surface area contributed by atoms with E-state index >= 15 is 0 Å². The smallest absolute Gasteiger partial charge is 0.256 e. The average Bonchev–Trinajstić information content (AvgIpc) is 2.63.